The van der Waals surface area contributed by atoms with Gasteiger partial charge in [0.15, 0.2) is 5.78 Å². The van der Waals surface area contributed by atoms with Crippen LogP contribution in [0.3, 0.4) is 0 Å². The molecular weight excluding hydrogens is 212 g/mol. The minimum atomic E-state index is -0.363. The fraction of sp³-hybridized carbons (Fsp3) is 0.417. The first-order chi connectivity index (χ1) is 7.04. The lowest BCUT2D eigenvalue weighted by atomic mass is 9.89. The number of rotatable bonds is 1. The molecule has 0 amide bonds. The molecule has 0 radical (unpaired) electrons. The zero-order chi connectivity index (χ0) is 11.1. The van der Waals surface area contributed by atoms with E-state index in [-0.39, 0.29) is 11.4 Å². The average molecular weight is 225 g/mol. The van der Waals surface area contributed by atoms with E-state index in [4.69, 9.17) is 16.3 Å². The normalized spacial score (nSPS) is 24.6. The monoisotopic (exact) mass is 224 g/mol. The van der Waals surface area contributed by atoms with Gasteiger partial charge in [0.25, 0.3) is 0 Å². The number of hydrogen-bond donors (Lipinski definition) is 0. The van der Waals surface area contributed by atoms with E-state index in [1.807, 2.05) is 13.8 Å². The molecule has 2 nitrogen and oxygen atoms in total. The number of carbonyl (C=O) groups is 1. The molecular formula is C12H13ClO2. The van der Waals surface area contributed by atoms with Gasteiger partial charge in [-0.3, -0.25) is 4.79 Å². The summed E-state index contributed by atoms with van der Waals surface area (Å²) in [6.45, 7) is 3.98. The van der Waals surface area contributed by atoms with Crippen LogP contribution in [0.2, 0.25) is 5.02 Å². The summed E-state index contributed by atoms with van der Waals surface area (Å²) in [5.74, 6) is 0.767. The average Bonchev–Trinajstić information content (AvgIpc) is 2.20. The van der Waals surface area contributed by atoms with E-state index in [0.717, 1.165) is 6.42 Å². The Balaban J connectivity index is 2.45. The molecule has 0 saturated heterocycles. The van der Waals surface area contributed by atoms with Crippen molar-refractivity contribution >= 4 is 17.4 Å². The van der Waals surface area contributed by atoms with Crippen LogP contribution < -0.4 is 4.74 Å². The van der Waals surface area contributed by atoms with Crippen molar-refractivity contribution in [2.24, 2.45) is 0 Å². The molecule has 1 aliphatic heterocycles. The van der Waals surface area contributed by atoms with Gasteiger partial charge in [-0.15, -0.1) is 0 Å². The Bertz CT molecular complexity index is 414. The molecule has 0 aromatic heterocycles. The van der Waals surface area contributed by atoms with Gasteiger partial charge >= 0.3 is 0 Å². The molecule has 80 valence electrons. The largest absolute Gasteiger partial charge is 0.486 e. The third-order valence-electron chi connectivity index (χ3n) is 2.88. The molecule has 1 heterocycles. The highest BCUT2D eigenvalue weighted by Crippen LogP contribution is 2.36. The van der Waals surface area contributed by atoms with Crippen molar-refractivity contribution in [2.75, 3.05) is 0 Å². The van der Waals surface area contributed by atoms with Crippen LogP contribution in [0.1, 0.15) is 37.0 Å². The molecule has 3 heteroatoms. The summed E-state index contributed by atoms with van der Waals surface area (Å²) in [6, 6.07) is 5.19. The molecule has 0 bridgehead atoms. The third-order valence-corrected chi connectivity index (χ3v) is 3.12. The van der Waals surface area contributed by atoms with Crippen LogP contribution >= 0.6 is 11.6 Å². The van der Waals surface area contributed by atoms with Gasteiger partial charge in [-0.05, 0) is 31.5 Å². The maximum atomic E-state index is 11.9. The molecule has 1 aliphatic rings. The van der Waals surface area contributed by atoms with Gasteiger partial charge in [-0.25, -0.2) is 0 Å². The minimum Gasteiger partial charge on any atom is -0.486 e. The lowest BCUT2D eigenvalue weighted by Crippen LogP contribution is -2.38. The van der Waals surface area contributed by atoms with Crippen molar-refractivity contribution in [2.45, 2.75) is 32.3 Å². The molecule has 0 fully saturated rings. The van der Waals surface area contributed by atoms with E-state index in [0.29, 0.717) is 22.8 Å². The topological polar surface area (TPSA) is 26.3 Å². The van der Waals surface area contributed by atoms with Gasteiger partial charge in [-0.2, -0.15) is 0 Å². The highest BCUT2D eigenvalue weighted by Gasteiger charge is 2.34. The van der Waals surface area contributed by atoms with E-state index in [9.17, 15) is 4.79 Å². The second kappa shape index (κ2) is 3.53. The summed E-state index contributed by atoms with van der Waals surface area (Å²) >= 11 is 5.84. The molecule has 1 atom stereocenters. The number of fused-ring (bicyclic) bond motifs is 1. The van der Waals surface area contributed by atoms with E-state index < -0.39 is 0 Å². The number of benzene rings is 1. The lowest BCUT2D eigenvalue weighted by molar-refractivity contribution is 0.0499. The SMILES string of the molecule is CCC1(C)CC(=O)c2cc(Cl)ccc2O1. The van der Waals surface area contributed by atoms with E-state index in [1.54, 1.807) is 18.2 Å². The van der Waals surface area contributed by atoms with Crippen molar-refractivity contribution in [3.05, 3.63) is 28.8 Å². The first-order valence-electron chi connectivity index (χ1n) is 5.06. The number of ketones is 1. The third kappa shape index (κ3) is 1.86. The Morgan fingerprint density at radius 3 is 2.93 bits per heavy atom. The second-order valence-corrected chi connectivity index (χ2v) is 4.58. The first kappa shape index (κ1) is 10.5. The fourth-order valence-corrected chi connectivity index (χ4v) is 1.91. The summed E-state index contributed by atoms with van der Waals surface area (Å²) in [5.41, 5.74) is 0.242. The van der Waals surface area contributed by atoms with E-state index in [2.05, 4.69) is 0 Å². The molecule has 0 spiro atoms. The van der Waals surface area contributed by atoms with Gasteiger partial charge in [0.2, 0.25) is 0 Å². The van der Waals surface area contributed by atoms with Crippen LogP contribution in [0.25, 0.3) is 0 Å². The van der Waals surface area contributed by atoms with Gasteiger partial charge in [0, 0.05) is 5.02 Å². The quantitative estimate of drug-likeness (QED) is 0.730. The number of halogens is 1. The molecule has 0 aliphatic carbocycles. The highest BCUT2D eigenvalue weighted by molar-refractivity contribution is 6.31. The van der Waals surface area contributed by atoms with Crippen LogP contribution in [0.5, 0.6) is 5.75 Å². The van der Waals surface area contributed by atoms with Crippen molar-refractivity contribution in [1.29, 1.82) is 0 Å². The van der Waals surface area contributed by atoms with Crippen LogP contribution in [-0.2, 0) is 0 Å². The molecule has 1 aromatic rings. The van der Waals surface area contributed by atoms with E-state index >= 15 is 0 Å². The summed E-state index contributed by atoms with van der Waals surface area (Å²) in [7, 11) is 0. The Hall–Kier alpha value is -1.02. The maximum Gasteiger partial charge on any atom is 0.170 e. The number of Topliss-reactive ketones (excluding diaryl/α,β-unsaturated/α-hetero) is 1. The van der Waals surface area contributed by atoms with Crippen LogP contribution in [-0.4, -0.2) is 11.4 Å². The predicted octanol–water partition coefficient (Wildman–Crippen LogP) is 3.47. The zero-order valence-electron chi connectivity index (χ0n) is 8.84. The zero-order valence-corrected chi connectivity index (χ0v) is 9.60. The van der Waals surface area contributed by atoms with Crippen molar-refractivity contribution < 1.29 is 9.53 Å². The van der Waals surface area contributed by atoms with Gasteiger partial charge in [0.05, 0.1) is 12.0 Å². The molecule has 15 heavy (non-hydrogen) atoms. The van der Waals surface area contributed by atoms with E-state index in [1.165, 1.54) is 0 Å². The molecule has 1 aromatic carbocycles. The first-order valence-corrected chi connectivity index (χ1v) is 5.44. The summed E-state index contributed by atoms with van der Waals surface area (Å²) < 4.78 is 5.81. The Kier molecular flexibility index (Phi) is 2.47. The molecule has 1 unspecified atom stereocenters. The molecule has 0 saturated carbocycles. The van der Waals surface area contributed by atoms with Crippen molar-refractivity contribution in [3.8, 4) is 5.75 Å². The number of carbonyl (C=O) groups excluding carboxylic acids is 1. The molecule has 0 N–H and O–H groups in total. The van der Waals surface area contributed by atoms with Crippen LogP contribution in [0, 0.1) is 0 Å². The predicted molar refractivity (Wildman–Crippen MR) is 59.7 cm³/mol. The summed E-state index contributed by atoms with van der Waals surface area (Å²) in [6.07, 6.45) is 1.25. The second-order valence-electron chi connectivity index (χ2n) is 4.15. The lowest BCUT2D eigenvalue weighted by Gasteiger charge is -2.34. The Morgan fingerprint density at radius 1 is 1.53 bits per heavy atom. The highest BCUT2D eigenvalue weighted by atomic mass is 35.5. The maximum absolute atomic E-state index is 11.9. The summed E-state index contributed by atoms with van der Waals surface area (Å²) in [5, 5.41) is 0.575. The smallest absolute Gasteiger partial charge is 0.170 e. The minimum absolute atomic E-state index is 0.114. The number of hydrogen-bond acceptors (Lipinski definition) is 2. The van der Waals surface area contributed by atoms with Gasteiger partial charge in [-0.1, -0.05) is 18.5 Å². The van der Waals surface area contributed by atoms with Crippen molar-refractivity contribution in [1.82, 2.24) is 0 Å². The fourth-order valence-electron chi connectivity index (χ4n) is 1.74. The van der Waals surface area contributed by atoms with Gasteiger partial charge < -0.3 is 4.74 Å². The van der Waals surface area contributed by atoms with Crippen LogP contribution in [0.4, 0.5) is 0 Å². The van der Waals surface area contributed by atoms with Gasteiger partial charge in [0.1, 0.15) is 11.4 Å². The Morgan fingerprint density at radius 2 is 2.27 bits per heavy atom. The standard InChI is InChI=1S/C12H13ClO2/c1-3-12(2)7-10(14)9-6-8(13)4-5-11(9)15-12/h4-6H,3,7H2,1-2H3. The summed E-state index contributed by atoms with van der Waals surface area (Å²) in [4.78, 5) is 11.9. The molecule has 2 rings (SSSR count). The van der Waals surface area contributed by atoms with Crippen molar-refractivity contribution in [3.63, 3.8) is 0 Å². The number of ether oxygens (including phenoxy) is 1. The van der Waals surface area contributed by atoms with Crippen LogP contribution in [0.15, 0.2) is 18.2 Å². The Labute approximate surface area is 94.2 Å².